The van der Waals surface area contributed by atoms with Gasteiger partial charge in [-0.05, 0) is 19.3 Å². The molecule has 2 aromatic heterocycles. The van der Waals surface area contributed by atoms with Gasteiger partial charge < -0.3 is 9.88 Å². The second-order valence-corrected chi connectivity index (χ2v) is 5.91. The highest BCUT2D eigenvalue weighted by molar-refractivity contribution is 5.76. The van der Waals surface area contributed by atoms with Crippen LogP contribution in [0, 0.1) is 12.8 Å². The van der Waals surface area contributed by atoms with Crippen molar-refractivity contribution in [3.63, 3.8) is 0 Å². The molecule has 2 rings (SSSR count). The van der Waals surface area contributed by atoms with Gasteiger partial charge in [0.05, 0.1) is 6.04 Å². The second-order valence-electron chi connectivity index (χ2n) is 5.91. The van der Waals surface area contributed by atoms with E-state index in [1.165, 1.54) is 6.33 Å². The summed E-state index contributed by atoms with van der Waals surface area (Å²) < 4.78 is 3.69. The van der Waals surface area contributed by atoms with Gasteiger partial charge in [0.1, 0.15) is 18.0 Å². The number of nitrogens with one attached hydrogen (secondary N) is 1. The van der Waals surface area contributed by atoms with Gasteiger partial charge in [-0.25, -0.2) is 9.97 Å². The van der Waals surface area contributed by atoms with Crippen LogP contribution in [0.3, 0.4) is 0 Å². The molecule has 2 heterocycles. The molecule has 22 heavy (non-hydrogen) atoms. The lowest BCUT2D eigenvalue weighted by atomic mass is 10.0. The molecule has 0 aliphatic rings. The fourth-order valence-corrected chi connectivity index (χ4v) is 2.45. The van der Waals surface area contributed by atoms with Crippen molar-refractivity contribution in [1.82, 2.24) is 29.6 Å². The summed E-state index contributed by atoms with van der Waals surface area (Å²) >= 11 is 0. The van der Waals surface area contributed by atoms with Crippen molar-refractivity contribution in [3.8, 4) is 0 Å². The van der Waals surface area contributed by atoms with E-state index in [-0.39, 0.29) is 11.9 Å². The molecule has 0 aliphatic carbocycles. The monoisotopic (exact) mass is 304 g/mol. The van der Waals surface area contributed by atoms with Crippen molar-refractivity contribution in [2.45, 2.75) is 46.2 Å². The predicted molar refractivity (Wildman–Crippen MR) is 82.9 cm³/mol. The highest BCUT2D eigenvalue weighted by Gasteiger charge is 2.20. The summed E-state index contributed by atoms with van der Waals surface area (Å²) in [6.45, 7) is 6.82. The highest BCUT2D eigenvalue weighted by atomic mass is 16.1. The lowest BCUT2D eigenvalue weighted by Crippen LogP contribution is -2.32. The minimum absolute atomic E-state index is 0.0155. The Morgan fingerprint density at radius 1 is 1.36 bits per heavy atom. The number of imidazole rings is 1. The average molecular weight is 304 g/mol. The molecule has 1 atom stereocenters. The molecule has 1 amide bonds. The number of aryl methyl sites for hydroxylation is 3. The first kappa shape index (κ1) is 16.2. The minimum atomic E-state index is -0.108. The van der Waals surface area contributed by atoms with Gasteiger partial charge in [0.2, 0.25) is 5.91 Å². The Kier molecular flexibility index (Phi) is 5.30. The Hall–Kier alpha value is -2.18. The van der Waals surface area contributed by atoms with Crippen LogP contribution < -0.4 is 5.32 Å². The van der Waals surface area contributed by atoms with Gasteiger partial charge in [0, 0.05) is 32.4 Å². The molecule has 0 spiro atoms. The molecule has 2 aromatic rings. The Bertz CT molecular complexity index is 615. The fraction of sp³-hybridized carbons (Fsp3) is 0.600. The van der Waals surface area contributed by atoms with E-state index in [1.54, 1.807) is 10.9 Å². The summed E-state index contributed by atoms with van der Waals surface area (Å²) in [6, 6.07) is -0.108. The largest absolute Gasteiger partial charge is 0.346 e. The van der Waals surface area contributed by atoms with E-state index >= 15 is 0 Å². The molecule has 0 fully saturated rings. The molecule has 0 unspecified atom stereocenters. The Morgan fingerprint density at radius 2 is 2.14 bits per heavy atom. The van der Waals surface area contributed by atoms with E-state index in [4.69, 9.17) is 0 Å². The van der Waals surface area contributed by atoms with Crippen molar-refractivity contribution >= 4 is 5.91 Å². The first-order chi connectivity index (χ1) is 10.5. The van der Waals surface area contributed by atoms with E-state index in [0.717, 1.165) is 18.1 Å². The Labute approximate surface area is 130 Å². The lowest BCUT2D eigenvalue weighted by Gasteiger charge is -2.20. The molecule has 0 aliphatic heterocycles. The van der Waals surface area contributed by atoms with Gasteiger partial charge in [-0.2, -0.15) is 5.10 Å². The summed E-state index contributed by atoms with van der Waals surface area (Å²) in [5.41, 5.74) is 0. The third-order valence-corrected chi connectivity index (χ3v) is 3.60. The maximum atomic E-state index is 12.2. The first-order valence-electron chi connectivity index (χ1n) is 7.58. The van der Waals surface area contributed by atoms with E-state index in [0.29, 0.717) is 18.9 Å². The normalized spacial score (nSPS) is 12.6. The number of aromatic nitrogens is 5. The van der Waals surface area contributed by atoms with Crippen LogP contribution in [-0.4, -0.2) is 30.2 Å². The molecule has 7 heteroatoms. The standard InChI is InChI=1S/C15H24N6O/c1-11(2)9-13(15-17-10-18-20(15)4)19-14(22)5-7-21-8-6-16-12(21)3/h6,8,10-11,13H,5,7,9H2,1-4H3,(H,19,22)/t13-/m1/s1. The third kappa shape index (κ3) is 4.16. The smallest absolute Gasteiger partial charge is 0.222 e. The second kappa shape index (κ2) is 7.20. The molecular formula is C15H24N6O. The number of hydrogen-bond acceptors (Lipinski definition) is 4. The number of carbonyl (C=O) groups excluding carboxylic acids is 1. The van der Waals surface area contributed by atoms with Crippen LogP contribution in [0.4, 0.5) is 0 Å². The number of carbonyl (C=O) groups is 1. The maximum Gasteiger partial charge on any atom is 0.222 e. The van der Waals surface area contributed by atoms with Gasteiger partial charge >= 0.3 is 0 Å². The molecule has 0 aromatic carbocycles. The van der Waals surface area contributed by atoms with Crippen LogP contribution in [0.15, 0.2) is 18.7 Å². The summed E-state index contributed by atoms with van der Waals surface area (Å²) in [7, 11) is 1.84. The summed E-state index contributed by atoms with van der Waals surface area (Å²) in [5, 5.41) is 7.17. The Balaban J connectivity index is 1.96. The molecule has 120 valence electrons. The Morgan fingerprint density at radius 3 is 2.68 bits per heavy atom. The summed E-state index contributed by atoms with van der Waals surface area (Å²) in [6.07, 6.45) is 6.40. The minimum Gasteiger partial charge on any atom is -0.346 e. The van der Waals surface area contributed by atoms with Crippen molar-refractivity contribution in [3.05, 3.63) is 30.4 Å². The van der Waals surface area contributed by atoms with Crippen LogP contribution >= 0.6 is 0 Å². The molecule has 0 saturated carbocycles. The topological polar surface area (TPSA) is 77.6 Å². The maximum absolute atomic E-state index is 12.2. The number of amides is 1. The van der Waals surface area contributed by atoms with E-state index in [1.807, 2.05) is 24.7 Å². The van der Waals surface area contributed by atoms with E-state index < -0.39 is 0 Å². The van der Waals surface area contributed by atoms with Crippen LogP contribution in [-0.2, 0) is 18.4 Å². The zero-order valence-corrected chi connectivity index (χ0v) is 13.7. The number of nitrogens with zero attached hydrogens (tertiary/aromatic N) is 5. The van der Waals surface area contributed by atoms with Gasteiger partial charge in [-0.1, -0.05) is 13.8 Å². The molecule has 0 saturated heterocycles. The molecule has 0 radical (unpaired) electrons. The third-order valence-electron chi connectivity index (χ3n) is 3.60. The van der Waals surface area contributed by atoms with Crippen molar-refractivity contribution in [1.29, 1.82) is 0 Å². The van der Waals surface area contributed by atoms with Gasteiger partial charge in [-0.15, -0.1) is 0 Å². The van der Waals surface area contributed by atoms with Crippen LogP contribution in [0.2, 0.25) is 0 Å². The van der Waals surface area contributed by atoms with Crippen molar-refractivity contribution in [2.24, 2.45) is 13.0 Å². The number of hydrogen-bond donors (Lipinski definition) is 1. The average Bonchev–Trinajstić information content (AvgIpc) is 3.04. The van der Waals surface area contributed by atoms with Crippen LogP contribution in [0.1, 0.15) is 44.4 Å². The summed E-state index contributed by atoms with van der Waals surface area (Å²) in [4.78, 5) is 20.7. The SMILES string of the molecule is Cc1nccn1CCC(=O)N[C@H](CC(C)C)c1ncnn1C. The van der Waals surface area contributed by atoms with Crippen LogP contribution in [0.5, 0.6) is 0 Å². The quantitative estimate of drug-likeness (QED) is 0.843. The first-order valence-corrected chi connectivity index (χ1v) is 7.58. The van der Waals surface area contributed by atoms with Gasteiger partial charge in [0.25, 0.3) is 0 Å². The number of rotatable bonds is 7. The zero-order valence-electron chi connectivity index (χ0n) is 13.7. The van der Waals surface area contributed by atoms with E-state index in [9.17, 15) is 4.79 Å². The van der Waals surface area contributed by atoms with Crippen LogP contribution in [0.25, 0.3) is 0 Å². The predicted octanol–water partition coefficient (Wildman–Crippen LogP) is 1.61. The zero-order chi connectivity index (χ0) is 16.1. The highest BCUT2D eigenvalue weighted by Crippen LogP contribution is 2.19. The molecule has 1 N–H and O–H groups in total. The lowest BCUT2D eigenvalue weighted by molar-refractivity contribution is -0.122. The fourth-order valence-electron chi connectivity index (χ4n) is 2.45. The molecular weight excluding hydrogens is 280 g/mol. The van der Waals surface area contributed by atoms with E-state index in [2.05, 4.69) is 34.2 Å². The summed E-state index contributed by atoms with van der Waals surface area (Å²) in [5.74, 6) is 2.18. The van der Waals surface area contributed by atoms with Gasteiger partial charge in [-0.3, -0.25) is 9.48 Å². The van der Waals surface area contributed by atoms with Crippen molar-refractivity contribution in [2.75, 3.05) is 0 Å². The molecule has 7 nitrogen and oxygen atoms in total. The molecule has 0 bridgehead atoms. The van der Waals surface area contributed by atoms with Crippen molar-refractivity contribution < 1.29 is 4.79 Å². The van der Waals surface area contributed by atoms with Gasteiger partial charge in [0.15, 0.2) is 0 Å².